The number of rotatable bonds is 3. The van der Waals surface area contributed by atoms with Crippen molar-refractivity contribution in [1.29, 1.82) is 0 Å². The Morgan fingerprint density at radius 1 is 1.35 bits per heavy atom. The predicted octanol–water partition coefficient (Wildman–Crippen LogP) is 3.06. The highest BCUT2D eigenvalue weighted by atomic mass is 35.5. The van der Waals surface area contributed by atoms with E-state index in [2.05, 4.69) is 28.7 Å². The first-order chi connectivity index (χ1) is 11.0. The first-order valence-corrected chi connectivity index (χ1v) is 8.02. The van der Waals surface area contributed by atoms with E-state index in [1.165, 1.54) is 0 Å². The molecule has 0 aliphatic carbocycles. The minimum atomic E-state index is -0.105. The van der Waals surface area contributed by atoms with Crippen LogP contribution in [-0.4, -0.2) is 33.6 Å². The maximum absolute atomic E-state index is 6.32. The van der Waals surface area contributed by atoms with Gasteiger partial charge in [-0.15, -0.1) is 0 Å². The molecule has 6 heteroatoms. The average molecular weight is 333 g/mol. The number of nitrogens with two attached hydrogens (primary N) is 1. The first kappa shape index (κ1) is 16.2. The Balaban J connectivity index is 1.81. The molecule has 0 bridgehead atoms. The monoisotopic (exact) mass is 332 g/mol. The minimum absolute atomic E-state index is 0.0576. The number of anilines is 1. The van der Waals surface area contributed by atoms with Crippen LogP contribution in [0, 0.1) is 0 Å². The van der Waals surface area contributed by atoms with Crippen LogP contribution in [0.1, 0.15) is 31.3 Å². The third-order valence-corrected chi connectivity index (χ3v) is 4.54. The van der Waals surface area contributed by atoms with Gasteiger partial charge in [0.05, 0.1) is 19.3 Å². The highest BCUT2D eigenvalue weighted by Gasteiger charge is 2.36. The van der Waals surface area contributed by atoms with Crippen LogP contribution >= 0.6 is 11.6 Å². The zero-order valence-corrected chi connectivity index (χ0v) is 14.1. The molecule has 1 unspecified atom stereocenters. The van der Waals surface area contributed by atoms with E-state index >= 15 is 0 Å². The number of nitrogen functional groups attached to an aromatic ring is 1. The summed E-state index contributed by atoms with van der Waals surface area (Å²) in [6.07, 6.45) is 1.63. The summed E-state index contributed by atoms with van der Waals surface area (Å²) < 4.78 is 6.06. The van der Waals surface area contributed by atoms with Crippen LogP contribution in [0.5, 0.6) is 0 Å². The topological polar surface area (TPSA) is 64.3 Å². The van der Waals surface area contributed by atoms with Gasteiger partial charge in [0.25, 0.3) is 0 Å². The van der Waals surface area contributed by atoms with Crippen LogP contribution in [0.25, 0.3) is 0 Å². The molecule has 1 fully saturated rings. The number of hydrogen-bond acceptors (Lipinski definition) is 5. The van der Waals surface area contributed by atoms with Crippen molar-refractivity contribution in [2.75, 3.05) is 18.9 Å². The Bertz CT molecular complexity index is 692. The van der Waals surface area contributed by atoms with Crippen molar-refractivity contribution in [3.63, 3.8) is 0 Å². The van der Waals surface area contributed by atoms with Gasteiger partial charge in [-0.1, -0.05) is 29.8 Å². The highest BCUT2D eigenvalue weighted by Crippen LogP contribution is 2.34. The van der Waals surface area contributed by atoms with Crippen molar-refractivity contribution in [2.45, 2.75) is 32.0 Å². The van der Waals surface area contributed by atoms with Crippen molar-refractivity contribution in [1.82, 2.24) is 14.9 Å². The Morgan fingerprint density at radius 3 is 2.87 bits per heavy atom. The van der Waals surface area contributed by atoms with E-state index in [4.69, 9.17) is 22.1 Å². The van der Waals surface area contributed by atoms with E-state index in [9.17, 15) is 0 Å². The van der Waals surface area contributed by atoms with Gasteiger partial charge in [0, 0.05) is 28.9 Å². The summed E-state index contributed by atoms with van der Waals surface area (Å²) in [4.78, 5) is 10.9. The molecule has 5 nitrogen and oxygen atoms in total. The van der Waals surface area contributed by atoms with Gasteiger partial charge in [-0.2, -0.15) is 0 Å². The first-order valence-electron chi connectivity index (χ1n) is 7.64. The zero-order chi connectivity index (χ0) is 16.4. The summed E-state index contributed by atoms with van der Waals surface area (Å²) in [6, 6.07) is 9.51. The summed E-state index contributed by atoms with van der Waals surface area (Å²) >= 11 is 6.32. The lowest BCUT2D eigenvalue weighted by molar-refractivity contribution is -0.105. The molecule has 23 heavy (non-hydrogen) atoms. The quantitative estimate of drug-likeness (QED) is 0.935. The molecule has 1 saturated heterocycles. The van der Waals surface area contributed by atoms with Crippen LogP contribution in [-0.2, 0) is 11.3 Å². The molecule has 0 spiro atoms. The molecule has 0 amide bonds. The Hall–Kier alpha value is -1.69. The number of hydrogen-bond donors (Lipinski definition) is 1. The van der Waals surface area contributed by atoms with Crippen molar-refractivity contribution < 1.29 is 4.74 Å². The SMILES string of the molecule is CC1(C)COC(c2ccccc2Cl)CN1Cc1nccc(N)n1. The fourth-order valence-electron chi connectivity index (χ4n) is 2.76. The second-order valence-electron chi connectivity index (χ2n) is 6.41. The molecule has 1 aromatic carbocycles. The van der Waals surface area contributed by atoms with E-state index in [0.717, 1.165) is 23.0 Å². The number of ether oxygens (including phenoxy) is 1. The standard InChI is InChI=1S/C17H21ClN4O/c1-17(2)11-23-14(12-5-3-4-6-13(12)18)9-22(17)10-16-20-8-7-15(19)21-16/h3-8,14H,9-11H2,1-2H3,(H2,19,20,21). The molecule has 2 N–H and O–H groups in total. The molecular weight excluding hydrogens is 312 g/mol. The van der Waals surface area contributed by atoms with Gasteiger partial charge in [0.1, 0.15) is 11.6 Å². The lowest BCUT2D eigenvalue weighted by Gasteiger charge is -2.45. The van der Waals surface area contributed by atoms with E-state index in [1.54, 1.807) is 12.3 Å². The lowest BCUT2D eigenvalue weighted by atomic mass is 9.98. The van der Waals surface area contributed by atoms with Gasteiger partial charge in [-0.05, 0) is 26.0 Å². The van der Waals surface area contributed by atoms with Crippen molar-refractivity contribution >= 4 is 17.4 Å². The average Bonchev–Trinajstić information content (AvgIpc) is 2.50. The molecule has 1 aliphatic heterocycles. The van der Waals surface area contributed by atoms with E-state index in [-0.39, 0.29) is 11.6 Å². The second-order valence-corrected chi connectivity index (χ2v) is 6.82. The maximum Gasteiger partial charge on any atom is 0.144 e. The van der Waals surface area contributed by atoms with Gasteiger partial charge < -0.3 is 10.5 Å². The van der Waals surface area contributed by atoms with Crippen molar-refractivity contribution in [3.05, 3.63) is 52.9 Å². The molecular formula is C17H21ClN4O. The normalized spacial score (nSPS) is 21.3. The molecule has 0 saturated carbocycles. The molecule has 2 aromatic rings. The Morgan fingerprint density at radius 2 is 2.13 bits per heavy atom. The van der Waals surface area contributed by atoms with Gasteiger partial charge in [-0.3, -0.25) is 4.90 Å². The number of nitrogens with zero attached hydrogens (tertiary/aromatic N) is 3. The van der Waals surface area contributed by atoms with Crippen LogP contribution < -0.4 is 5.73 Å². The van der Waals surface area contributed by atoms with Crippen molar-refractivity contribution in [2.24, 2.45) is 0 Å². The summed E-state index contributed by atoms with van der Waals surface area (Å²) in [6.45, 7) is 6.28. The van der Waals surface area contributed by atoms with Gasteiger partial charge in [-0.25, -0.2) is 9.97 Å². The smallest absolute Gasteiger partial charge is 0.144 e. The molecule has 1 atom stereocenters. The largest absolute Gasteiger partial charge is 0.384 e. The summed E-state index contributed by atoms with van der Waals surface area (Å²) in [5.74, 6) is 1.21. The minimum Gasteiger partial charge on any atom is -0.384 e. The third-order valence-electron chi connectivity index (χ3n) is 4.19. The summed E-state index contributed by atoms with van der Waals surface area (Å²) in [7, 11) is 0. The van der Waals surface area contributed by atoms with Crippen LogP contribution in [0.15, 0.2) is 36.5 Å². The zero-order valence-electron chi connectivity index (χ0n) is 13.4. The molecule has 2 heterocycles. The number of benzene rings is 1. The van der Waals surface area contributed by atoms with Crippen molar-refractivity contribution in [3.8, 4) is 0 Å². The van der Waals surface area contributed by atoms with Crippen LogP contribution in [0.2, 0.25) is 5.02 Å². The molecule has 1 aromatic heterocycles. The number of aromatic nitrogens is 2. The third kappa shape index (κ3) is 3.63. The van der Waals surface area contributed by atoms with E-state index in [0.29, 0.717) is 19.0 Å². The van der Waals surface area contributed by atoms with Gasteiger partial charge in [0.2, 0.25) is 0 Å². The summed E-state index contributed by atoms with van der Waals surface area (Å²) in [5, 5.41) is 0.734. The lowest BCUT2D eigenvalue weighted by Crippen LogP contribution is -2.53. The summed E-state index contributed by atoms with van der Waals surface area (Å²) in [5.41, 5.74) is 6.67. The van der Waals surface area contributed by atoms with E-state index in [1.807, 2.05) is 24.3 Å². The molecule has 1 aliphatic rings. The maximum atomic E-state index is 6.32. The molecule has 122 valence electrons. The second kappa shape index (κ2) is 6.43. The molecule has 0 radical (unpaired) electrons. The Labute approximate surface area is 141 Å². The van der Waals surface area contributed by atoms with Crippen LogP contribution in [0.4, 0.5) is 5.82 Å². The number of halogens is 1. The molecule has 3 rings (SSSR count). The van der Waals surface area contributed by atoms with E-state index < -0.39 is 0 Å². The van der Waals surface area contributed by atoms with Gasteiger partial charge in [0.15, 0.2) is 0 Å². The fraction of sp³-hybridized carbons (Fsp3) is 0.412. The Kier molecular flexibility index (Phi) is 4.53. The highest BCUT2D eigenvalue weighted by molar-refractivity contribution is 6.31. The predicted molar refractivity (Wildman–Crippen MR) is 91.1 cm³/mol. The van der Waals surface area contributed by atoms with Crippen LogP contribution in [0.3, 0.4) is 0 Å². The number of morpholine rings is 1. The fourth-order valence-corrected chi connectivity index (χ4v) is 3.02. The van der Waals surface area contributed by atoms with Gasteiger partial charge >= 0.3 is 0 Å².